The summed E-state index contributed by atoms with van der Waals surface area (Å²) >= 11 is 0. The van der Waals surface area contributed by atoms with Gasteiger partial charge in [0.15, 0.2) is 27.1 Å². The maximum atomic E-state index is 12.6. The lowest BCUT2D eigenvalue weighted by atomic mass is 10.0. The Morgan fingerprint density at radius 3 is 2.65 bits per heavy atom. The van der Waals surface area contributed by atoms with E-state index in [1.165, 1.54) is 6.07 Å². The van der Waals surface area contributed by atoms with Crippen LogP contribution < -0.4 is 9.47 Å². The van der Waals surface area contributed by atoms with E-state index in [1.807, 2.05) is 0 Å². The molecule has 0 unspecified atom stereocenters. The fourth-order valence-electron chi connectivity index (χ4n) is 2.76. The lowest BCUT2D eigenvalue weighted by Gasteiger charge is -2.17. The predicted molar refractivity (Wildman–Crippen MR) is 83.4 cm³/mol. The summed E-state index contributed by atoms with van der Waals surface area (Å²) in [6.07, 6.45) is 1.60. The molecule has 0 amide bonds. The van der Waals surface area contributed by atoms with E-state index in [4.69, 9.17) is 9.47 Å². The summed E-state index contributed by atoms with van der Waals surface area (Å²) in [4.78, 5) is 12.7. The van der Waals surface area contributed by atoms with Crippen molar-refractivity contribution in [3.8, 4) is 11.5 Å². The van der Waals surface area contributed by atoms with Crippen molar-refractivity contribution in [1.29, 1.82) is 0 Å². The van der Waals surface area contributed by atoms with Gasteiger partial charge < -0.3 is 9.47 Å². The van der Waals surface area contributed by atoms with Crippen LogP contribution >= 0.6 is 0 Å². The van der Waals surface area contributed by atoms with Gasteiger partial charge in [0.1, 0.15) is 0 Å². The van der Waals surface area contributed by atoms with E-state index in [9.17, 15) is 13.2 Å². The van der Waals surface area contributed by atoms with E-state index in [2.05, 4.69) is 0 Å². The zero-order valence-corrected chi connectivity index (χ0v) is 12.8. The molecule has 2 aliphatic heterocycles. The van der Waals surface area contributed by atoms with Crippen LogP contribution in [0, 0.1) is 0 Å². The normalized spacial score (nSPS) is 19.7. The monoisotopic (exact) mass is 328 g/mol. The first kappa shape index (κ1) is 14.0. The zero-order chi connectivity index (χ0) is 16.0. The quantitative estimate of drug-likeness (QED) is 0.752. The van der Waals surface area contributed by atoms with Crippen molar-refractivity contribution in [2.45, 2.75) is 4.90 Å². The number of ketones is 1. The summed E-state index contributed by atoms with van der Waals surface area (Å²) in [6.45, 7) is 0.163. The third-order valence-corrected chi connectivity index (χ3v) is 5.56. The third kappa shape index (κ3) is 2.31. The van der Waals surface area contributed by atoms with Gasteiger partial charge in [0.2, 0.25) is 6.79 Å². The third-order valence-electron chi connectivity index (χ3n) is 3.84. The van der Waals surface area contributed by atoms with Crippen LogP contribution in [-0.2, 0) is 9.84 Å². The number of carbonyl (C=O) groups excluding carboxylic acids is 1. The van der Waals surface area contributed by atoms with Crippen molar-refractivity contribution in [1.82, 2.24) is 0 Å². The minimum Gasteiger partial charge on any atom is -0.454 e. The van der Waals surface area contributed by atoms with Gasteiger partial charge in [0, 0.05) is 11.1 Å². The maximum Gasteiger partial charge on any atom is 0.231 e. The van der Waals surface area contributed by atoms with Crippen molar-refractivity contribution in [3.05, 3.63) is 59.2 Å². The molecule has 6 heteroatoms. The van der Waals surface area contributed by atoms with Gasteiger partial charge >= 0.3 is 0 Å². The Morgan fingerprint density at radius 1 is 1.00 bits per heavy atom. The van der Waals surface area contributed by atoms with Crippen LogP contribution in [0.1, 0.15) is 15.9 Å². The SMILES string of the molecule is O=C1C(=Cc2ccc3c(c2)OCO3)CS(=O)(=O)c2ccccc21. The molecule has 2 aromatic carbocycles. The Morgan fingerprint density at radius 2 is 1.78 bits per heavy atom. The molecule has 2 heterocycles. The van der Waals surface area contributed by atoms with Crippen LogP contribution in [0.15, 0.2) is 52.9 Å². The molecule has 0 bridgehead atoms. The van der Waals surface area contributed by atoms with E-state index >= 15 is 0 Å². The van der Waals surface area contributed by atoms with Crippen LogP contribution in [0.4, 0.5) is 0 Å². The molecule has 0 atom stereocenters. The fraction of sp³-hybridized carbons (Fsp3) is 0.118. The molecule has 5 nitrogen and oxygen atoms in total. The number of rotatable bonds is 1. The number of hydrogen-bond acceptors (Lipinski definition) is 5. The molecule has 2 aliphatic rings. The lowest BCUT2D eigenvalue weighted by molar-refractivity contribution is 0.103. The first-order valence-electron chi connectivity index (χ1n) is 7.01. The van der Waals surface area contributed by atoms with Gasteiger partial charge in [0.05, 0.1) is 10.6 Å². The van der Waals surface area contributed by atoms with Crippen LogP contribution in [0.25, 0.3) is 6.08 Å². The predicted octanol–water partition coefficient (Wildman–Crippen LogP) is 2.47. The summed E-state index contributed by atoms with van der Waals surface area (Å²) < 4.78 is 35.3. The summed E-state index contributed by atoms with van der Waals surface area (Å²) in [5.74, 6) is 0.677. The molecule has 4 rings (SSSR count). The van der Waals surface area contributed by atoms with Crippen molar-refractivity contribution in [2.75, 3.05) is 12.5 Å². The summed E-state index contributed by atoms with van der Waals surface area (Å²) in [7, 11) is -3.50. The molecule has 0 N–H and O–H groups in total. The Balaban J connectivity index is 1.80. The molecular weight excluding hydrogens is 316 g/mol. The van der Waals surface area contributed by atoms with Crippen molar-refractivity contribution >= 4 is 21.7 Å². The number of sulfone groups is 1. The maximum absolute atomic E-state index is 12.6. The molecule has 0 aliphatic carbocycles. The van der Waals surface area contributed by atoms with Crippen molar-refractivity contribution in [2.24, 2.45) is 0 Å². The average Bonchev–Trinajstić information content (AvgIpc) is 3.00. The molecule has 23 heavy (non-hydrogen) atoms. The number of fused-ring (bicyclic) bond motifs is 2. The van der Waals surface area contributed by atoms with Gasteiger partial charge in [0.25, 0.3) is 0 Å². The highest BCUT2D eigenvalue weighted by Crippen LogP contribution is 2.34. The number of ether oxygens (including phenoxy) is 2. The summed E-state index contributed by atoms with van der Waals surface area (Å²) in [5, 5.41) is 0. The Hall–Kier alpha value is -2.60. The number of Topliss-reactive ketones (excluding diaryl/α,β-unsaturated/α-hetero) is 1. The second-order valence-electron chi connectivity index (χ2n) is 5.37. The summed E-state index contributed by atoms with van der Waals surface area (Å²) in [6, 6.07) is 11.5. The van der Waals surface area contributed by atoms with Crippen LogP contribution in [0.2, 0.25) is 0 Å². The van der Waals surface area contributed by atoms with Crippen LogP contribution in [-0.4, -0.2) is 26.7 Å². The molecule has 2 aromatic rings. The largest absolute Gasteiger partial charge is 0.454 e. The second kappa shape index (κ2) is 4.96. The number of benzene rings is 2. The average molecular weight is 328 g/mol. The second-order valence-corrected chi connectivity index (χ2v) is 7.32. The molecule has 0 fully saturated rings. The standard InChI is InChI=1S/C17H12O5S/c18-17-12(7-11-5-6-14-15(8-11)22-10-21-14)9-23(19,20)16-4-2-1-3-13(16)17/h1-8H,9-10H2. The zero-order valence-electron chi connectivity index (χ0n) is 12.0. The number of hydrogen-bond donors (Lipinski definition) is 0. The van der Waals surface area contributed by atoms with Gasteiger partial charge in [-0.2, -0.15) is 0 Å². The van der Waals surface area contributed by atoms with Crippen LogP contribution in [0.3, 0.4) is 0 Å². The molecule has 0 spiro atoms. The summed E-state index contributed by atoms with van der Waals surface area (Å²) in [5.41, 5.74) is 1.18. The Bertz CT molecular complexity index is 957. The molecular formula is C17H12O5S. The van der Waals surface area contributed by atoms with Gasteiger partial charge in [-0.3, -0.25) is 4.79 Å². The molecule has 0 aromatic heterocycles. The molecule has 0 saturated heterocycles. The van der Waals surface area contributed by atoms with Gasteiger partial charge in [-0.1, -0.05) is 18.2 Å². The highest BCUT2D eigenvalue weighted by Gasteiger charge is 2.32. The smallest absolute Gasteiger partial charge is 0.231 e. The van der Waals surface area contributed by atoms with Gasteiger partial charge in [-0.15, -0.1) is 0 Å². The minimum atomic E-state index is -3.50. The van der Waals surface area contributed by atoms with Crippen molar-refractivity contribution in [3.63, 3.8) is 0 Å². The highest BCUT2D eigenvalue weighted by molar-refractivity contribution is 7.91. The van der Waals surface area contributed by atoms with E-state index in [0.29, 0.717) is 17.1 Å². The van der Waals surface area contributed by atoms with E-state index in [0.717, 1.165) is 0 Å². The van der Waals surface area contributed by atoms with Crippen molar-refractivity contribution < 1.29 is 22.7 Å². The Kier molecular flexibility index (Phi) is 3.02. The van der Waals surface area contributed by atoms with E-state index < -0.39 is 9.84 Å². The molecule has 116 valence electrons. The topological polar surface area (TPSA) is 69.7 Å². The highest BCUT2D eigenvalue weighted by atomic mass is 32.2. The molecule has 0 saturated carbocycles. The van der Waals surface area contributed by atoms with Gasteiger partial charge in [-0.05, 0) is 35.9 Å². The number of carbonyl (C=O) groups is 1. The molecule has 0 radical (unpaired) electrons. The fourth-order valence-corrected chi connectivity index (χ4v) is 4.32. The minimum absolute atomic E-state index is 0.104. The first-order valence-corrected chi connectivity index (χ1v) is 8.66. The van der Waals surface area contributed by atoms with Gasteiger partial charge in [-0.25, -0.2) is 8.42 Å². The van der Waals surface area contributed by atoms with E-state index in [1.54, 1.807) is 42.5 Å². The van der Waals surface area contributed by atoms with E-state index in [-0.39, 0.29) is 34.4 Å². The Labute approximate surface area is 133 Å². The first-order chi connectivity index (χ1) is 11.0. The van der Waals surface area contributed by atoms with Crippen LogP contribution in [0.5, 0.6) is 11.5 Å². The lowest BCUT2D eigenvalue weighted by Crippen LogP contribution is -2.24.